The summed E-state index contributed by atoms with van der Waals surface area (Å²) < 4.78 is 5.19. The van der Waals surface area contributed by atoms with Crippen molar-refractivity contribution in [3.63, 3.8) is 0 Å². The zero-order valence-electron chi connectivity index (χ0n) is 14.9. The van der Waals surface area contributed by atoms with Gasteiger partial charge in [-0.2, -0.15) is 0 Å². The molecule has 0 aliphatic heterocycles. The van der Waals surface area contributed by atoms with Crippen LogP contribution in [0.2, 0.25) is 5.02 Å². The third-order valence-electron chi connectivity index (χ3n) is 4.84. The van der Waals surface area contributed by atoms with Gasteiger partial charge in [0.15, 0.2) is 6.61 Å². The number of esters is 1. The van der Waals surface area contributed by atoms with Gasteiger partial charge in [0.05, 0.1) is 0 Å². The molecule has 0 unspecified atom stereocenters. The third kappa shape index (κ3) is 4.27. The Balaban J connectivity index is 1.56. The monoisotopic (exact) mass is 391 g/mol. The van der Waals surface area contributed by atoms with Gasteiger partial charge < -0.3 is 10.1 Å². The number of rotatable bonds is 5. The van der Waals surface area contributed by atoms with Crippen molar-refractivity contribution in [1.29, 1.82) is 0 Å². The number of hydrogen-bond acceptors (Lipinski definition) is 4. The van der Waals surface area contributed by atoms with E-state index >= 15 is 0 Å². The SMILES string of the molecule is CC[C@@H]1CCc2sc(C(=O)OCC(=O)Nc3cccc(Cl)c3C)cc2C1. The van der Waals surface area contributed by atoms with Crippen molar-refractivity contribution in [2.24, 2.45) is 5.92 Å². The lowest BCUT2D eigenvalue weighted by Gasteiger charge is -2.19. The number of carbonyl (C=O) groups excluding carboxylic acids is 2. The maximum Gasteiger partial charge on any atom is 0.348 e. The first-order chi connectivity index (χ1) is 12.5. The highest BCUT2D eigenvalue weighted by atomic mass is 35.5. The van der Waals surface area contributed by atoms with Gasteiger partial charge >= 0.3 is 5.97 Å². The molecule has 6 heteroatoms. The Kier molecular flexibility index (Phi) is 5.99. The molecule has 0 radical (unpaired) electrons. The molecule has 2 aromatic rings. The van der Waals surface area contributed by atoms with Crippen LogP contribution in [0.15, 0.2) is 24.3 Å². The second-order valence-corrected chi connectivity index (χ2v) is 8.16. The molecule has 1 atom stereocenters. The second kappa shape index (κ2) is 8.23. The van der Waals surface area contributed by atoms with E-state index in [9.17, 15) is 9.59 Å². The molecule has 0 saturated carbocycles. The molecule has 0 fully saturated rings. The number of amides is 1. The van der Waals surface area contributed by atoms with E-state index in [1.807, 2.05) is 13.0 Å². The average molecular weight is 392 g/mol. The maximum absolute atomic E-state index is 12.3. The molecule has 1 heterocycles. The summed E-state index contributed by atoms with van der Waals surface area (Å²) in [5, 5.41) is 3.30. The van der Waals surface area contributed by atoms with Gasteiger partial charge in [-0.3, -0.25) is 4.79 Å². The van der Waals surface area contributed by atoms with Crippen LogP contribution in [0.25, 0.3) is 0 Å². The van der Waals surface area contributed by atoms with Crippen molar-refractivity contribution in [2.45, 2.75) is 39.5 Å². The normalized spacial score (nSPS) is 16.0. The van der Waals surface area contributed by atoms with Crippen LogP contribution in [0.1, 0.15) is 45.4 Å². The molecule has 0 saturated heterocycles. The number of halogens is 1. The van der Waals surface area contributed by atoms with E-state index in [0.717, 1.165) is 24.8 Å². The van der Waals surface area contributed by atoms with Gasteiger partial charge in [-0.1, -0.05) is 31.0 Å². The van der Waals surface area contributed by atoms with Gasteiger partial charge in [-0.15, -0.1) is 11.3 Å². The van der Waals surface area contributed by atoms with Gasteiger partial charge in [0.2, 0.25) is 0 Å². The highest BCUT2D eigenvalue weighted by Gasteiger charge is 2.23. The average Bonchev–Trinajstić information content (AvgIpc) is 3.06. The van der Waals surface area contributed by atoms with Gasteiger partial charge in [-0.25, -0.2) is 4.79 Å². The predicted molar refractivity (Wildman–Crippen MR) is 105 cm³/mol. The first-order valence-corrected chi connectivity index (χ1v) is 10.0. The molecule has 1 aliphatic carbocycles. The maximum atomic E-state index is 12.3. The molecule has 1 amide bonds. The molecule has 1 aromatic heterocycles. The summed E-state index contributed by atoms with van der Waals surface area (Å²) in [6, 6.07) is 7.21. The highest BCUT2D eigenvalue weighted by Crippen LogP contribution is 2.33. The largest absolute Gasteiger partial charge is 0.451 e. The number of hydrogen-bond donors (Lipinski definition) is 1. The molecule has 1 aromatic carbocycles. The Bertz CT molecular complexity index is 830. The minimum Gasteiger partial charge on any atom is -0.451 e. The third-order valence-corrected chi connectivity index (χ3v) is 6.47. The Morgan fingerprint density at radius 2 is 2.19 bits per heavy atom. The zero-order chi connectivity index (χ0) is 18.7. The molecule has 1 aliphatic rings. The smallest absolute Gasteiger partial charge is 0.348 e. The lowest BCUT2D eigenvalue weighted by Crippen LogP contribution is -2.21. The van der Waals surface area contributed by atoms with Crippen LogP contribution in [-0.2, 0) is 22.4 Å². The number of benzene rings is 1. The van der Waals surface area contributed by atoms with Crippen molar-refractivity contribution >= 4 is 40.5 Å². The quantitative estimate of drug-likeness (QED) is 0.728. The fourth-order valence-corrected chi connectivity index (χ4v) is 4.46. The standard InChI is InChI=1S/C20H22ClNO3S/c1-3-13-7-8-17-14(9-13)10-18(26-17)20(24)25-11-19(23)22-16-6-4-5-15(21)12(16)2/h4-6,10,13H,3,7-9,11H2,1-2H3,(H,22,23)/t13-/m1/s1. The predicted octanol–water partition coefficient (Wildman–Crippen LogP) is 5.02. The van der Waals surface area contributed by atoms with Gasteiger partial charge in [0.1, 0.15) is 4.88 Å². The molecule has 0 spiro atoms. The molecule has 138 valence electrons. The first kappa shape index (κ1) is 18.9. The van der Waals surface area contributed by atoms with E-state index < -0.39 is 5.97 Å². The molecule has 26 heavy (non-hydrogen) atoms. The zero-order valence-corrected chi connectivity index (χ0v) is 16.5. The number of aryl methyl sites for hydroxylation is 1. The van der Waals surface area contributed by atoms with E-state index in [1.165, 1.54) is 28.2 Å². The number of thiophene rings is 1. The van der Waals surface area contributed by atoms with Crippen molar-refractivity contribution in [2.75, 3.05) is 11.9 Å². The summed E-state index contributed by atoms with van der Waals surface area (Å²) in [6.45, 7) is 3.71. The van der Waals surface area contributed by atoms with E-state index in [1.54, 1.807) is 18.2 Å². The summed E-state index contributed by atoms with van der Waals surface area (Å²) in [5.74, 6) is -0.112. The Hall–Kier alpha value is -1.85. The van der Waals surface area contributed by atoms with Crippen LogP contribution in [-0.4, -0.2) is 18.5 Å². The minimum absolute atomic E-state index is 0.315. The Morgan fingerprint density at radius 3 is 2.96 bits per heavy atom. The van der Waals surface area contributed by atoms with Gasteiger partial charge in [0.25, 0.3) is 5.91 Å². The topological polar surface area (TPSA) is 55.4 Å². The highest BCUT2D eigenvalue weighted by molar-refractivity contribution is 7.14. The van der Waals surface area contributed by atoms with Crippen LogP contribution in [0.3, 0.4) is 0 Å². The molecule has 4 nitrogen and oxygen atoms in total. The summed E-state index contributed by atoms with van der Waals surface area (Å²) in [7, 11) is 0. The number of fused-ring (bicyclic) bond motifs is 1. The fourth-order valence-electron chi connectivity index (χ4n) is 3.18. The van der Waals surface area contributed by atoms with Gasteiger partial charge in [0, 0.05) is 15.6 Å². The van der Waals surface area contributed by atoms with Crippen LogP contribution in [0.5, 0.6) is 0 Å². The van der Waals surface area contributed by atoms with E-state index in [4.69, 9.17) is 16.3 Å². The van der Waals surface area contributed by atoms with Crippen molar-refractivity contribution in [3.8, 4) is 0 Å². The molecule has 3 rings (SSSR count). The molecule has 0 bridgehead atoms. The number of anilines is 1. The van der Waals surface area contributed by atoms with Gasteiger partial charge in [-0.05, 0) is 61.4 Å². The van der Waals surface area contributed by atoms with Crippen LogP contribution in [0.4, 0.5) is 5.69 Å². The lowest BCUT2D eigenvalue weighted by molar-refractivity contribution is -0.119. The number of ether oxygens (including phenoxy) is 1. The molecular weight excluding hydrogens is 370 g/mol. The summed E-state index contributed by atoms with van der Waals surface area (Å²) in [5.41, 5.74) is 2.67. The molecular formula is C20H22ClNO3S. The summed E-state index contributed by atoms with van der Waals surface area (Å²) >= 11 is 7.53. The van der Waals surface area contributed by atoms with Crippen molar-refractivity contribution < 1.29 is 14.3 Å². The van der Waals surface area contributed by atoms with Crippen molar-refractivity contribution in [1.82, 2.24) is 0 Å². The Labute approximate surface area is 162 Å². The summed E-state index contributed by atoms with van der Waals surface area (Å²) in [4.78, 5) is 26.2. The first-order valence-electron chi connectivity index (χ1n) is 8.81. The van der Waals surface area contributed by atoms with E-state index in [0.29, 0.717) is 21.5 Å². The second-order valence-electron chi connectivity index (χ2n) is 6.61. The number of nitrogens with one attached hydrogen (secondary N) is 1. The van der Waals surface area contributed by atoms with E-state index in [2.05, 4.69) is 12.2 Å². The lowest BCUT2D eigenvalue weighted by atomic mass is 9.87. The minimum atomic E-state index is -0.435. The Morgan fingerprint density at radius 1 is 1.38 bits per heavy atom. The molecule has 1 N–H and O–H groups in total. The number of carbonyl (C=O) groups is 2. The van der Waals surface area contributed by atoms with Crippen LogP contribution >= 0.6 is 22.9 Å². The van der Waals surface area contributed by atoms with Crippen LogP contribution < -0.4 is 5.32 Å². The summed E-state index contributed by atoms with van der Waals surface area (Å²) in [6.07, 6.45) is 4.41. The van der Waals surface area contributed by atoms with E-state index in [-0.39, 0.29) is 12.5 Å². The fraction of sp³-hybridized carbons (Fsp3) is 0.400. The van der Waals surface area contributed by atoms with Crippen molar-refractivity contribution in [3.05, 3.63) is 50.2 Å². The van der Waals surface area contributed by atoms with Crippen LogP contribution in [0, 0.1) is 12.8 Å².